The topological polar surface area (TPSA) is 40.5 Å². The highest BCUT2D eigenvalue weighted by atomic mass is 19.2. The van der Waals surface area contributed by atoms with Gasteiger partial charge in [0.25, 0.3) is 0 Å². The Hall–Kier alpha value is -1.49. The average molecular weight is 295 g/mol. The highest BCUT2D eigenvalue weighted by Crippen LogP contribution is 2.40. The summed E-state index contributed by atoms with van der Waals surface area (Å²) >= 11 is 0. The van der Waals surface area contributed by atoms with Gasteiger partial charge in [0, 0.05) is 18.2 Å². The molecule has 1 heterocycles. The van der Waals surface area contributed by atoms with Crippen molar-refractivity contribution in [1.29, 1.82) is 0 Å². The van der Waals surface area contributed by atoms with Gasteiger partial charge in [-0.15, -0.1) is 0 Å². The number of carboxylic acid groups (broad SMARTS) is 1. The molecule has 1 aromatic rings. The molecule has 2 fully saturated rings. The summed E-state index contributed by atoms with van der Waals surface area (Å²) in [6.07, 6.45) is 4.82. The quantitative estimate of drug-likeness (QED) is 0.931. The van der Waals surface area contributed by atoms with E-state index in [2.05, 4.69) is 0 Å². The first-order valence-corrected chi connectivity index (χ1v) is 7.49. The number of rotatable bonds is 3. The molecule has 0 aromatic heterocycles. The molecule has 3 atom stereocenters. The van der Waals surface area contributed by atoms with Gasteiger partial charge in [-0.05, 0) is 31.2 Å². The summed E-state index contributed by atoms with van der Waals surface area (Å²) in [4.78, 5) is 13.4. The maximum Gasteiger partial charge on any atom is 0.320 e. The van der Waals surface area contributed by atoms with Crippen LogP contribution in [0.3, 0.4) is 0 Å². The van der Waals surface area contributed by atoms with E-state index in [1.165, 1.54) is 12.1 Å². The number of hydrogen-bond donors (Lipinski definition) is 1. The van der Waals surface area contributed by atoms with Crippen LogP contribution in [0.25, 0.3) is 0 Å². The molecule has 1 aromatic carbocycles. The Kier molecular flexibility index (Phi) is 3.93. The molecule has 2 aliphatic rings. The van der Waals surface area contributed by atoms with Gasteiger partial charge < -0.3 is 5.11 Å². The van der Waals surface area contributed by atoms with Crippen LogP contribution in [0.4, 0.5) is 8.78 Å². The van der Waals surface area contributed by atoms with Crippen LogP contribution in [0.2, 0.25) is 0 Å². The number of nitrogens with zero attached hydrogens (tertiary/aromatic N) is 1. The minimum absolute atomic E-state index is 0.168. The molecular formula is C16H19F2NO2. The van der Waals surface area contributed by atoms with Gasteiger partial charge in [0.05, 0.1) is 0 Å². The molecule has 0 spiro atoms. The van der Waals surface area contributed by atoms with E-state index in [9.17, 15) is 18.7 Å². The lowest BCUT2D eigenvalue weighted by molar-refractivity contribution is -0.142. The minimum Gasteiger partial charge on any atom is -0.480 e. The van der Waals surface area contributed by atoms with Crippen molar-refractivity contribution in [1.82, 2.24) is 4.90 Å². The molecule has 114 valence electrons. The second kappa shape index (κ2) is 5.72. The SMILES string of the molecule is O=C(O)[C@@H]1C[C@H]2CCCC[C@H]2N1Cc1cccc(F)c1F. The smallest absolute Gasteiger partial charge is 0.320 e. The third kappa shape index (κ3) is 2.67. The zero-order valence-corrected chi connectivity index (χ0v) is 11.8. The molecule has 1 aliphatic heterocycles. The van der Waals surface area contributed by atoms with E-state index in [1.807, 2.05) is 4.90 Å². The summed E-state index contributed by atoms with van der Waals surface area (Å²) in [6, 6.07) is 3.69. The van der Waals surface area contributed by atoms with E-state index >= 15 is 0 Å². The van der Waals surface area contributed by atoms with Crippen molar-refractivity contribution in [2.75, 3.05) is 0 Å². The number of halogens is 2. The Labute approximate surface area is 122 Å². The van der Waals surface area contributed by atoms with E-state index in [-0.39, 0.29) is 18.2 Å². The van der Waals surface area contributed by atoms with Crippen LogP contribution < -0.4 is 0 Å². The first-order valence-electron chi connectivity index (χ1n) is 7.49. The summed E-state index contributed by atoms with van der Waals surface area (Å²) in [5.74, 6) is -2.22. The highest BCUT2D eigenvalue weighted by Gasteiger charge is 2.45. The van der Waals surface area contributed by atoms with Gasteiger partial charge in [0.15, 0.2) is 11.6 Å². The van der Waals surface area contributed by atoms with Crippen LogP contribution in [-0.2, 0) is 11.3 Å². The summed E-state index contributed by atoms with van der Waals surface area (Å²) in [6.45, 7) is 0.168. The molecule has 21 heavy (non-hydrogen) atoms. The monoisotopic (exact) mass is 295 g/mol. The summed E-state index contributed by atoms with van der Waals surface area (Å²) in [5.41, 5.74) is 0.243. The molecule has 3 rings (SSSR count). The number of carbonyl (C=O) groups is 1. The molecule has 0 radical (unpaired) electrons. The van der Waals surface area contributed by atoms with Crippen molar-refractivity contribution in [3.8, 4) is 0 Å². The Morgan fingerprint density at radius 2 is 2.05 bits per heavy atom. The van der Waals surface area contributed by atoms with Gasteiger partial charge >= 0.3 is 5.97 Å². The molecule has 0 amide bonds. The zero-order chi connectivity index (χ0) is 15.0. The van der Waals surface area contributed by atoms with Crippen LogP contribution in [0.5, 0.6) is 0 Å². The molecule has 3 nitrogen and oxygen atoms in total. The Bertz CT molecular complexity index is 549. The number of aliphatic carboxylic acids is 1. The first-order chi connectivity index (χ1) is 10.1. The number of carboxylic acids is 1. The fourth-order valence-electron chi connectivity index (χ4n) is 3.89. The normalized spacial score (nSPS) is 29.3. The highest BCUT2D eigenvalue weighted by molar-refractivity contribution is 5.74. The van der Waals surface area contributed by atoms with Gasteiger partial charge in [0.2, 0.25) is 0 Å². The van der Waals surface area contributed by atoms with E-state index in [1.54, 1.807) is 0 Å². The summed E-state index contributed by atoms with van der Waals surface area (Å²) in [5, 5.41) is 9.42. The summed E-state index contributed by atoms with van der Waals surface area (Å²) < 4.78 is 27.2. The molecule has 0 unspecified atom stereocenters. The largest absolute Gasteiger partial charge is 0.480 e. The molecule has 1 aliphatic carbocycles. The molecule has 0 bridgehead atoms. The third-order valence-corrected chi connectivity index (χ3v) is 4.89. The van der Waals surface area contributed by atoms with Crippen LogP contribution in [0.15, 0.2) is 18.2 Å². The predicted octanol–water partition coefficient (Wildman–Crippen LogP) is 3.18. The van der Waals surface area contributed by atoms with Gasteiger partial charge in [-0.1, -0.05) is 25.0 Å². The van der Waals surface area contributed by atoms with Crippen LogP contribution in [0, 0.1) is 17.6 Å². The standard InChI is InChI=1S/C16H19F2NO2/c17-12-6-3-5-11(15(12)18)9-19-13-7-2-1-4-10(13)8-14(19)16(20)21/h3,5-6,10,13-14H,1-2,4,7-9H2,(H,20,21)/t10-,13-,14+/m1/s1. The van der Waals surface area contributed by atoms with E-state index in [0.717, 1.165) is 31.7 Å². The number of benzene rings is 1. The van der Waals surface area contributed by atoms with Gasteiger partial charge in [-0.3, -0.25) is 9.69 Å². The molecule has 5 heteroatoms. The van der Waals surface area contributed by atoms with Crippen molar-refractivity contribution >= 4 is 5.97 Å². The number of fused-ring (bicyclic) bond motifs is 1. The maximum atomic E-state index is 13.9. The van der Waals surface area contributed by atoms with E-state index < -0.39 is 23.6 Å². The van der Waals surface area contributed by atoms with Crippen molar-refractivity contribution in [2.45, 2.75) is 50.7 Å². The summed E-state index contributed by atoms with van der Waals surface area (Å²) in [7, 11) is 0. The molecular weight excluding hydrogens is 276 g/mol. The Morgan fingerprint density at radius 3 is 2.81 bits per heavy atom. The average Bonchev–Trinajstić information content (AvgIpc) is 2.83. The molecule has 1 N–H and O–H groups in total. The molecule has 1 saturated heterocycles. The number of hydrogen-bond acceptors (Lipinski definition) is 2. The maximum absolute atomic E-state index is 13.9. The van der Waals surface area contributed by atoms with E-state index in [4.69, 9.17) is 0 Å². The van der Waals surface area contributed by atoms with Crippen molar-refractivity contribution in [3.05, 3.63) is 35.4 Å². The second-order valence-corrected chi connectivity index (χ2v) is 6.09. The van der Waals surface area contributed by atoms with Gasteiger partial charge in [-0.25, -0.2) is 8.78 Å². The first kappa shape index (κ1) is 14.4. The minimum atomic E-state index is -0.876. The zero-order valence-electron chi connectivity index (χ0n) is 11.8. The van der Waals surface area contributed by atoms with Crippen molar-refractivity contribution < 1.29 is 18.7 Å². The molecule has 1 saturated carbocycles. The lowest BCUT2D eigenvalue weighted by Gasteiger charge is -2.33. The van der Waals surface area contributed by atoms with Gasteiger partial charge in [0.1, 0.15) is 6.04 Å². The van der Waals surface area contributed by atoms with Crippen LogP contribution in [0.1, 0.15) is 37.7 Å². The van der Waals surface area contributed by atoms with Crippen molar-refractivity contribution in [2.24, 2.45) is 5.92 Å². The Balaban J connectivity index is 1.86. The fraction of sp³-hybridized carbons (Fsp3) is 0.562. The number of likely N-dealkylation sites (tertiary alicyclic amines) is 1. The third-order valence-electron chi connectivity index (χ3n) is 4.89. The second-order valence-electron chi connectivity index (χ2n) is 6.09. The van der Waals surface area contributed by atoms with Crippen LogP contribution in [-0.4, -0.2) is 28.1 Å². The van der Waals surface area contributed by atoms with E-state index in [0.29, 0.717) is 12.3 Å². The fourth-order valence-corrected chi connectivity index (χ4v) is 3.89. The van der Waals surface area contributed by atoms with Crippen molar-refractivity contribution in [3.63, 3.8) is 0 Å². The predicted molar refractivity (Wildman–Crippen MR) is 73.7 cm³/mol. The van der Waals surface area contributed by atoms with Gasteiger partial charge in [-0.2, -0.15) is 0 Å². The lowest BCUT2D eigenvalue weighted by Crippen LogP contribution is -2.41. The lowest BCUT2D eigenvalue weighted by atomic mass is 9.84. The van der Waals surface area contributed by atoms with Crippen LogP contribution >= 0.6 is 0 Å². The Morgan fingerprint density at radius 1 is 1.29 bits per heavy atom.